The van der Waals surface area contributed by atoms with Crippen molar-refractivity contribution in [3.63, 3.8) is 0 Å². The molecule has 2 aromatic carbocycles. The van der Waals surface area contributed by atoms with Crippen LogP contribution in [0.1, 0.15) is 42.4 Å². The van der Waals surface area contributed by atoms with Gasteiger partial charge < -0.3 is 5.32 Å². The van der Waals surface area contributed by atoms with Crippen molar-refractivity contribution in [3.8, 4) is 0 Å². The summed E-state index contributed by atoms with van der Waals surface area (Å²) in [4.78, 5) is 43.0. The van der Waals surface area contributed by atoms with E-state index in [2.05, 4.69) is 20.6 Å². The summed E-state index contributed by atoms with van der Waals surface area (Å²) in [6, 6.07) is 9.96. The van der Waals surface area contributed by atoms with Gasteiger partial charge in [0.2, 0.25) is 5.91 Å². The summed E-state index contributed by atoms with van der Waals surface area (Å²) in [6.07, 6.45) is 3.60. The molecule has 0 spiro atoms. The minimum Gasteiger partial charge on any atom is -0.326 e. The maximum absolute atomic E-state index is 12.8. The normalized spacial score (nSPS) is 13.7. The highest BCUT2D eigenvalue weighted by atomic mass is 32.2. The number of fused-ring (bicyclic) bond motifs is 2. The van der Waals surface area contributed by atoms with E-state index in [0.29, 0.717) is 35.4 Å². The number of carbonyl (C=O) groups excluding carboxylic acids is 2. The van der Waals surface area contributed by atoms with E-state index in [9.17, 15) is 22.8 Å². The van der Waals surface area contributed by atoms with Gasteiger partial charge in [-0.3, -0.25) is 24.4 Å². The number of anilines is 1. The first-order chi connectivity index (χ1) is 15.7. The summed E-state index contributed by atoms with van der Waals surface area (Å²) in [5.74, 6) is -0.266. The molecule has 33 heavy (non-hydrogen) atoms. The lowest BCUT2D eigenvalue weighted by Crippen LogP contribution is -2.41. The van der Waals surface area contributed by atoms with Crippen molar-refractivity contribution in [2.45, 2.75) is 44.0 Å². The monoisotopic (exact) mass is 469 g/mol. The number of sulfonamides is 1. The Morgan fingerprint density at radius 2 is 1.79 bits per heavy atom. The van der Waals surface area contributed by atoms with Crippen LogP contribution in [0.3, 0.4) is 0 Å². The molecule has 10 nitrogen and oxygen atoms in total. The Labute approximate surface area is 190 Å². The van der Waals surface area contributed by atoms with E-state index in [1.54, 1.807) is 4.57 Å². The van der Waals surface area contributed by atoms with Crippen LogP contribution in [-0.4, -0.2) is 29.8 Å². The first-order valence-electron chi connectivity index (χ1n) is 10.5. The van der Waals surface area contributed by atoms with Crippen molar-refractivity contribution >= 4 is 38.4 Å². The molecular weight excluding hydrogens is 446 g/mol. The van der Waals surface area contributed by atoms with E-state index < -0.39 is 15.9 Å². The number of amides is 2. The lowest BCUT2D eigenvalue weighted by Gasteiger charge is -2.12. The van der Waals surface area contributed by atoms with Gasteiger partial charge in [0.15, 0.2) is 0 Å². The highest BCUT2D eigenvalue weighted by Gasteiger charge is 2.18. The summed E-state index contributed by atoms with van der Waals surface area (Å²) in [7, 11) is -4.04. The fourth-order valence-electron chi connectivity index (χ4n) is 3.72. The molecule has 0 saturated heterocycles. The summed E-state index contributed by atoms with van der Waals surface area (Å²) in [6.45, 7) is 1.98. The third kappa shape index (κ3) is 4.94. The molecule has 1 aliphatic heterocycles. The number of hydrogen-bond acceptors (Lipinski definition) is 6. The minimum absolute atomic E-state index is 0.0900. The number of nitrogens with zero attached hydrogens (tertiary/aromatic N) is 2. The molecule has 172 valence electrons. The summed E-state index contributed by atoms with van der Waals surface area (Å²) in [5.41, 5.74) is 3.06. The molecule has 0 atom stereocenters. The van der Waals surface area contributed by atoms with Crippen LogP contribution >= 0.6 is 0 Å². The van der Waals surface area contributed by atoms with Crippen LogP contribution < -0.4 is 21.1 Å². The zero-order valence-corrected chi connectivity index (χ0v) is 18.7. The largest absolute Gasteiger partial charge is 0.326 e. The third-order valence-electron chi connectivity index (χ3n) is 5.36. The summed E-state index contributed by atoms with van der Waals surface area (Å²) >= 11 is 0. The Morgan fingerprint density at radius 3 is 2.52 bits per heavy atom. The quantitative estimate of drug-likeness (QED) is 0.486. The molecular formula is C22H23N5O5S. The van der Waals surface area contributed by atoms with Gasteiger partial charge in [-0.2, -0.15) is 0 Å². The predicted octanol–water partition coefficient (Wildman–Crippen LogP) is 1.70. The molecule has 0 unspecified atom stereocenters. The highest BCUT2D eigenvalue weighted by molar-refractivity contribution is 7.89. The third-order valence-corrected chi connectivity index (χ3v) is 6.63. The number of nitrogens with one attached hydrogen (secondary N) is 3. The molecule has 1 aromatic heterocycles. The van der Waals surface area contributed by atoms with Crippen molar-refractivity contribution in [3.05, 3.63) is 64.2 Å². The van der Waals surface area contributed by atoms with Crippen molar-refractivity contribution in [1.82, 2.24) is 19.8 Å². The maximum Gasteiger partial charge on any atom is 0.266 e. The van der Waals surface area contributed by atoms with Crippen LogP contribution in [-0.2, 0) is 27.8 Å². The Hall–Kier alpha value is -3.57. The van der Waals surface area contributed by atoms with Crippen LogP contribution in [0.4, 0.5) is 5.69 Å². The van der Waals surface area contributed by atoms with Crippen LogP contribution in [0.25, 0.3) is 10.9 Å². The topological polar surface area (TPSA) is 139 Å². The summed E-state index contributed by atoms with van der Waals surface area (Å²) in [5, 5.41) is 2.96. The predicted molar refractivity (Wildman–Crippen MR) is 122 cm³/mol. The van der Waals surface area contributed by atoms with Gasteiger partial charge >= 0.3 is 0 Å². The Kier molecular flexibility index (Phi) is 6.25. The zero-order valence-electron chi connectivity index (χ0n) is 17.9. The van der Waals surface area contributed by atoms with Crippen LogP contribution in [0.2, 0.25) is 0 Å². The zero-order chi connectivity index (χ0) is 23.6. The highest BCUT2D eigenvalue weighted by Crippen LogP contribution is 2.17. The standard InChI is InChI=1S/C22H23N5O5S/c1-14(28)23-16-7-9-17(10-8-16)33(31,32)26-25-21(29)15-6-11-18-19(13-15)24-20-5-3-2-4-12-27(20)22(18)30/h6-11,13,26H,2-5,12H2,1H3,(H,23,28)(H,25,29). The number of benzene rings is 2. The van der Waals surface area contributed by atoms with E-state index >= 15 is 0 Å². The molecule has 1 aliphatic rings. The Balaban J connectivity index is 1.51. The van der Waals surface area contributed by atoms with Gasteiger partial charge in [0.1, 0.15) is 5.82 Å². The second kappa shape index (κ2) is 9.12. The van der Waals surface area contributed by atoms with Gasteiger partial charge in [0.25, 0.3) is 21.5 Å². The van der Waals surface area contributed by atoms with E-state index in [1.807, 2.05) is 0 Å². The molecule has 0 aliphatic carbocycles. The number of carbonyl (C=O) groups is 2. The van der Waals surface area contributed by atoms with Gasteiger partial charge in [0.05, 0.1) is 15.8 Å². The average molecular weight is 470 g/mol. The van der Waals surface area contributed by atoms with Crippen molar-refractivity contribution in [2.24, 2.45) is 0 Å². The second-order valence-electron chi connectivity index (χ2n) is 7.79. The Morgan fingerprint density at radius 1 is 1.03 bits per heavy atom. The van der Waals surface area contributed by atoms with E-state index in [0.717, 1.165) is 19.3 Å². The molecule has 2 heterocycles. The second-order valence-corrected chi connectivity index (χ2v) is 9.47. The first kappa shape index (κ1) is 22.6. The molecule has 3 N–H and O–H groups in total. The fraction of sp³-hybridized carbons (Fsp3) is 0.273. The van der Waals surface area contributed by atoms with Crippen LogP contribution in [0.5, 0.6) is 0 Å². The number of hydrogen-bond donors (Lipinski definition) is 3. The molecule has 0 bridgehead atoms. The van der Waals surface area contributed by atoms with Gasteiger partial charge in [-0.05, 0) is 55.3 Å². The summed E-state index contributed by atoms with van der Waals surface area (Å²) < 4.78 is 26.7. The van der Waals surface area contributed by atoms with Crippen molar-refractivity contribution < 1.29 is 18.0 Å². The number of aromatic nitrogens is 2. The number of hydrazine groups is 1. The van der Waals surface area contributed by atoms with Crippen molar-refractivity contribution in [2.75, 3.05) is 5.32 Å². The molecule has 2 amide bonds. The first-order valence-corrected chi connectivity index (χ1v) is 12.0. The molecule has 0 radical (unpaired) electrons. The number of aryl methyl sites for hydroxylation is 1. The Bertz CT molecular complexity index is 1400. The molecule has 0 saturated carbocycles. The smallest absolute Gasteiger partial charge is 0.266 e. The van der Waals surface area contributed by atoms with Crippen LogP contribution in [0, 0.1) is 0 Å². The molecule has 3 aromatic rings. The number of rotatable bonds is 5. The van der Waals surface area contributed by atoms with Gasteiger partial charge in [0, 0.05) is 31.1 Å². The van der Waals surface area contributed by atoms with E-state index in [4.69, 9.17) is 0 Å². The van der Waals surface area contributed by atoms with Crippen LogP contribution in [0.15, 0.2) is 52.2 Å². The van der Waals surface area contributed by atoms with E-state index in [1.165, 1.54) is 49.4 Å². The van der Waals surface area contributed by atoms with Gasteiger partial charge in [-0.25, -0.2) is 13.4 Å². The van der Waals surface area contributed by atoms with Gasteiger partial charge in [-0.1, -0.05) is 6.42 Å². The van der Waals surface area contributed by atoms with Gasteiger partial charge in [-0.15, -0.1) is 4.83 Å². The van der Waals surface area contributed by atoms with Crippen molar-refractivity contribution in [1.29, 1.82) is 0 Å². The molecule has 4 rings (SSSR count). The lowest BCUT2D eigenvalue weighted by atomic mass is 10.1. The molecule has 0 fully saturated rings. The average Bonchev–Trinajstić information content (AvgIpc) is 3.03. The lowest BCUT2D eigenvalue weighted by molar-refractivity contribution is -0.114. The SMILES string of the molecule is CC(=O)Nc1ccc(S(=O)(=O)NNC(=O)c2ccc3c(=O)n4c(nc3c2)CCCCC4)cc1. The molecule has 11 heteroatoms. The van der Waals surface area contributed by atoms with E-state index in [-0.39, 0.29) is 21.9 Å². The fourth-order valence-corrected chi connectivity index (χ4v) is 4.56. The minimum atomic E-state index is -4.04. The maximum atomic E-state index is 12.8.